The topological polar surface area (TPSA) is 72.1 Å². The van der Waals surface area contributed by atoms with E-state index in [1.54, 1.807) is 29.9 Å². The molecule has 0 saturated heterocycles. The smallest absolute Gasteiger partial charge is 0.351 e. The van der Waals surface area contributed by atoms with Crippen LogP contribution in [0, 0.1) is 5.82 Å². The normalized spacial score (nSPS) is 11.4. The van der Waals surface area contributed by atoms with Gasteiger partial charge in [-0.15, -0.1) is 11.3 Å². The first-order chi connectivity index (χ1) is 12.3. The first kappa shape index (κ1) is 17.8. The van der Waals surface area contributed by atoms with Gasteiger partial charge >= 0.3 is 12.2 Å². The van der Waals surface area contributed by atoms with Crippen molar-refractivity contribution in [3.63, 3.8) is 0 Å². The van der Waals surface area contributed by atoms with Crippen LogP contribution >= 0.6 is 11.3 Å². The van der Waals surface area contributed by atoms with Gasteiger partial charge in [0.05, 0.1) is 16.9 Å². The summed E-state index contributed by atoms with van der Waals surface area (Å²) in [6.07, 6.45) is -1.79. The minimum absolute atomic E-state index is 0.0519. The summed E-state index contributed by atoms with van der Waals surface area (Å²) in [5.74, 6) is -1.44. The molecule has 2 N–H and O–H groups in total. The Morgan fingerprint density at radius 1 is 1.23 bits per heavy atom. The quantitative estimate of drug-likeness (QED) is 0.674. The van der Waals surface area contributed by atoms with E-state index in [0.29, 0.717) is 23.4 Å². The van der Waals surface area contributed by atoms with E-state index >= 15 is 0 Å². The molecule has 0 saturated carbocycles. The van der Waals surface area contributed by atoms with Gasteiger partial charge in [-0.25, -0.2) is 19.1 Å². The Labute approximate surface area is 148 Å². The predicted molar refractivity (Wildman–Crippen MR) is 88.5 cm³/mol. The molecule has 0 fully saturated rings. The third-order valence-electron chi connectivity index (χ3n) is 3.37. The second-order valence-corrected chi connectivity index (χ2v) is 5.93. The minimum Gasteiger partial charge on any atom is -0.351 e. The molecule has 134 valence electrons. The summed E-state index contributed by atoms with van der Waals surface area (Å²) in [6.45, 7) is 0. The highest BCUT2D eigenvalue weighted by atomic mass is 32.1. The van der Waals surface area contributed by atoms with Crippen molar-refractivity contribution < 1.29 is 22.4 Å². The second-order valence-electron chi connectivity index (χ2n) is 5.09. The van der Waals surface area contributed by atoms with E-state index in [4.69, 9.17) is 5.73 Å². The molecule has 0 unspecified atom stereocenters. The number of benzene rings is 1. The van der Waals surface area contributed by atoms with Crippen LogP contribution in [-0.4, -0.2) is 16.0 Å². The van der Waals surface area contributed by atoms with Crippen LogP contribution in [0.2, 0.25) is 0 Å². The van der Waals surface area contributed by atoms with Gasteiger partial charge in [0.25, 0.3) is 0 Å². The lowest BCUT2D eigenvalue weighted by Gasteiger charge is -2.19. The first-order valence-corrected chi connectivity index (χ1v) is 7.97. The van der Waals surface area contributed by atoms with Crippen LogP contribution in [0.25, 0.3) is 11.3 Å². The molecular weight excluding hydrogens is 372 g/mol. The maximum absolute atomic E-state index is 13.5. The standard InChI is InChI=1S/C16H10F4N4OS/c17-12-4-3-10(6-11(12)16(18,19)20)24(14(21)25)15-23-13(8-26-15)9-2-1-5-22-7-9/h1-8H,(H2,21,25). The molecule has 2 amide bonds. The maximum Gasteiger partial charge on any atom is 0.419 e. The van der Waals surface area contributed by atoms with Crippen LogP contribution in [0.15, 0.2) is 48.1 Å². The Hall–Kier alpha value is -3.01. The van der Waals surface area contributed by atoms with E-state index in [1.165, 1.54) is 0 Å². The average Bonchev–Trinajstić information content (AvgIpc) is 3.05. The third kappa shape index (κ3) is 3.49. The number of nitrogens with zero attached hydrogens (tertiary/aromatic N) is 3. The van der Waals surface area contributed by atoms with Crippen LogP contribution in [0.5, 0.6) is 0 Å². The van der Waals surface area contributed by atoms with Crippen molar-refractivity contribution in [3.05, 3.63) is 59.5 Å². The Bertz CT molecular complexity index is 943. The fourth-order valence-electron chi connectivity index (χ4n) is 2.22. The van der Waals surface area contributed by atoms with Gasteiger partial charge in [0.15, 0.2) is 5.13 Å². The summed E-state index contributed by atoms with van der Waals surface area (Å²) in [7, 11) is 0. The molecular formula is C16H10F4N4OS. The number of halogens is 4. The van der Waals surface area contributed by atoms with Gasteiger partial charge in [-0.1, -0.05) is 0 Å². The molecule has 0 aliphatic carbocycles. The molecule has 3 rings (SSSR count). The molecule has 3 aromatic rings. The van der Waals surface area contributed by atoms with Gasteiger partial charge in [-0.2, -0.15) is 13.2 Å². The summed E-state index contributed by atoms with van der Waals surface area (Å²) in [5.41, 5.74) is 4.72. The summed E-state index contributed by atoms with van der Waals surface area (Å²) in [6, 6.07) is 4.56. The number of thiazole rings is 1. The molecule has 2 aromatic heterocycles. The van der Waals surface area contributed by atoms with E-state index in [1.807, 2.05) is 0 Å². The number of anilines is 2. The van der Waals surface area contributed by atoms with Crippen molar-refractivity contribution in [2.75, 3.05) is 4.90 Å². The molecule has 5 nitrogen and oxygen atoms in total. The molecule has 0 atom stereocenters. The SMILES string of the molecule is NC(=O)N(c1ccc(F)c(C(F)(F)F)c1)c1nc(-c2cccnc2)cs1. The van der Waals surface area contributed by atoms with Crippen molar-refractivity contribution in [2.45, 2.75) is 6.18 Å². The van der Waals surface area contributed by atoms with E-state index < -0.39 is 23.6 Å². The molecule has 1 aromatic carbocycles. The van der Waals surface area contributed by atoms with Crippen molar-refractivity contribution in [1.82, 2.24) is 9.97 Å². The number of rotatable bonds is 3. The second kappa shape index (κ2) is 6.71. The summed E-state index contributed by atoms with van der Waals surface area (Å²) < 4.78 is 52.3. The molecule has 0 aliphatic heterocycles. The van der Waals surface area contributed by atoms with E-state index in [9.17, 15) is 22.4 Å². The van der Waals surface area contributed by atoms with Gasteiger partial charge in [0.1, 0.15) is 5.82 Å². The number of pyridine rings is 1. The molecule has 10 heteroatoms. The number of alkyl halides is 3. The Kier molecular flexibility index (Phi) is 4.60. The number of carbonyl (C=O) groups is 1. The zero-order valence-electron chi connectivity index (χ0n) is 12.9. The summed E-state index contributed by atoms with van der Waals surface area (Å²) in [5, 5.41) is 1.66. The highest BCUT2D eigenvalue weighted by Crippen LogP contribution is 2.37. The van der Waals surface area contributed by atoms with Gasteiger partial charge in [-0.05, 0) is 30.3 Å². The third-order valence-corrected chi connectivity index (χ3v) is 4.20. The van der Waals surface area contributed by atoms with Crippen molar-refractivity contribution in [3.8, 4) is 11.3 Å². The number of aromatic nitrogens is 2. The van der Waals surface area contributed by atoms with Crippen LogP contribution in [0.4, 0.5) is 33.2 Å². The number of primary amides is 1. The summed E-state index contributed by atoms with van der Waals surface area (Å²) in [4.78, 5) is 20.8. The zero-order chi connectivity index (χ0) is 18.9. The zero-order valence-corrected chi connectivity index (χ0v) is 13.7. The van der Waals surface area contributed by atoms with Crippen LogP contribution in [0.1, 0.15) is 5.56 Å². The molecule has 0 aliphatic rings. The maximum atomic E-state index is 13.5. The lowest BCUT2D eigenvalue weighted by Crippen LogP contribution is -2.31. The van der Waals surface area contributed by atoms with Gasteiger partial charge in [0, 0.05) is 23.3 Å². The minimum atomic E-state index is -4.91. The average molecular weight is 382 g/mol. The van der Waals surface area contributed by atoms with Crippen LogP contribution in [0.3, 0.4) is 0 Å². The van der Waals surface area contributed by atoms with Gasteiger partial charge in [0.2, 0.25) is 0 Å². The monoisotopic (exact) mass is 382 g/mol. The largest absolute Gasteiger partial charge is 0.419 e. The molecule has 2 heterocycles. The number of hydrogen-bond acceptors (Lipinski definition) is 4. The highest BCUT2D eigenvalue weighted by molar-refractivity contribution is 7.14. The van der Waals surface area contributed by atoms with Crippen molar-refractivity contribution >= 4 is 28.2 Å². The van der Waals surface area contributed by atoms with Crippen molar-refractivity contribution in [1.29, 1.82) is 0 Å². The number of hydrogen-bond donors (Lipinski definition) is 1. The Balaban J connectivity index is 2.04. The molecule has 0 bridgehead atoms. The number of amides is 2. The fraction of sp³-hybridized carbons (Fsp3) is 0.0625. The predicted octanol–water partition coefficient (Wildman–Crippen LogP) is 4.58. The molecule has 0 radical (unpaired) electrons. The lowest BCUT2D eigenvalue weighted by atomic mass is 10.1. The fourth-order valence-corrected chi connectivity index (χ4v) is 3.07. The van der Waals surface area contributed by atoms with Crippen LogP contribution in [-0.2, 0) is 6.18 Å². The number of carbonyl (C=O) groups excluding carboxylic acids is 1. The number of nitrogens with two attached hydrogens (primary N) is 1. The Morgan fingerprint density at radius 3 is 2.62 bits per heavy atom. The van der Waals surface area contributed by atoms with E-state index in [-0.39, 0.29) is 10.8 Å². The van der Waals surface area contributed by atoms with E-state index in [0.717, 1.165) is 22.3 Å². The Morgan fingerprint density at radius 2 is 2.00 bits per heavy atom. The summed E-state index contributed by atoms with van der Waals surface area (Å²) >= 11 is 1.00. The highest BCUT2D eigenvalue weighted by Gasteiger charge is 2.35. The van der Waals surface area contributed by atoms with Crippen LogP contribution < -0.4 is 10.6 Å². The lowest BCUT2D eigenvalue weighted by molar-refractivity contribution is -0.139. The van der Waals surface area contributed by atoms with E-state index in [2.05, 4.69) is 9.97 Å². The molecule has 26 heavy (non-hydrogen) atoms. The van der Waals surface area contributed by atoms with Gasteiger partial charge in [-0.3, -0.25) is 4.98 Å². The first-order valence-electron chi connectivity index (χ1n) is 7.09. The molecule has 0 spiro atoms. The number of urea groups is 1. The van der Waals surface area contributed by atoms with Gasteiger partial charge < -0.3 is 5.73 Å². The van der Waals surface area contributed by atoms with Crippen molar-refractivity contribution in [2.24, 2.45) is 5.73 Å².